The van der Waals surface area contributed by atoms with Gasteiger partial charge < -0.3 is 15.6 Å². The molecule has 0 bridgehead atoms. The van der Waals surface area contributed by atoms with E-state index in [9.17, 15) is 9.90 Å². The zero-order valence-corrected chi connectivity index (χ0v) is 13.2. The third kappa shape index (κ3) is 3.48. The number of methoxy groups -OCH3 is 1. The highest BCUT2D eigenvalue weighted by molar-refractivity contribution is 9.10. The highest BCUT2D eigenvalue weighted by atomic mass is 79.9. The number of carboxylic acids is 1. The SMILES string of the molecule is COc1c(Br)cc(C(C)(C)C)cc1C(CN)C(=O)O. The van der Waals surface area contributed by atoms with Gasteiger partial charge in [-0.05, 0) is 33.0 Å². The Morgan fingerprint density at radius 3 is 2.42 bits per heavy atom. The first-order chi connectivity index (χ1) is 8.72. The van der Waals surface area contributed by atoms with Crippen molar-refractivity contribution in [3.8, 4) is 5.75 Å². The summed E-state index contributed by atoms with van der Waals surface area (Å²) in [6, 6.07) is 3.83. The number of rotatable bonds is 4. The zero-order chi connectivity index (χ0) is 14.8. The van der Waals surface area contributed by atoms with E-state index >= 15 is 0 Å². The minimum Gasteiger partial charge on any atom is -0.495 e. The second kappa shape index (κ2) is 5.92. The van der Waals surface area contributed by atoms with Crippen LogP contribution in [0, 0.1) is 0 Å². The van der Waals surface area contributed by atoms with Gasteiger partial charge in [0.15, 0.2) is 0 Å². The minimum absolute atomic E-state index is 0.0335. The topological polar surface area (TPSA) is 72.5 Å². The summed E-state index contributed by atoms with van der Waals surface area (Å²) in [6.45, 7) is 6.25. The molecule has 1 aromatic carbocycles. The van der Waals surface area contributed by atoms with Crippen molar-refractivity contribution in [2.75, 3.05) is 13.7 Å². The fourth-order valence-electron chi connectivity index (χ4n) is 1.88. The van der Waals surface area contributed by atoms with Gasteiger partial charge in [0.05, 0.1) is 17.5 Å². The van der Waals surface area contributed by atoms with E-state index in [1.165, 1.54) is 7.11 Å². The van der Waals surface area contributed by atoms with Crippen LogP contribution in [0.1, 0.15) is 37.8 Å². The average Bonchev–Trinajstić information content (AvgIpc) is 2.27. The van der Waals surface area contributed by atoms with Gasteiger partial charge in [-0.1, -0.05) is 26.8 Å². The number of benzene rings is 1. The molecule has 0 amide bonds. The number of carboxylic acid groups (broad SMARTS) is 1. The number of hydrogen-bond donors (Lipinski definition) is 2. The van der Waals surface area contributed by atoms with Gasteiger partial charge in [-0.15, -0.1) is 0 Å². The molecule has 0 fully saturated rings. The van der Waals surface area contributed by atoms with Gasteiger partial charge in [-0.3, -0.25) is 4.79 Å². The second-order valence-corrected chi connectivity index (χ2v) is 6.31. The lowest BCUT2D eigenvalue weighted by atomic mass is 9.84. The van der Waals surface area contributed by atoms with Crippen molar-refractivity contribution in [3.05, 3.63) is 27.7 Å². The molecule has 0 saturated heterocycles. The molecule has 0 aromatic heterocycles. The summed E-state index contributed by atoms with van der Waals surface area (Å²) in [4.78, 5) is 11.3. The highest BCUT2D eigenvalue weighted by Gasteiger charge is 2.26. The molecule has 3 N–H and O–H groups in total. The van der Waals surface area contributed by atoms with Crippen molar-refractivity contribution < 1.29 is 14.6 Å². The van der Waals surface area contributed by atoms with Crippen molar-refractivity contribution >= 4 is 21.9 Å². The van der Waals surface area contributed by atoms with Gasteiger partial charge in [-0.2, -0.15) is 0 Å². The van der Waals surface area contributed by atoms with Gasteiger partial charge in [0.2, 0.25) is 0 Å². The fraction of sp³-hybridized carbons (Fsp3) is 0.500. The van der Waals surface area contributed by atoms with E-state index in [0.29, 0.717) is 11.3 Å². The van der Waals surface area contributed by atoms with Crippen LogP contribution in [-0.4, -0.2) is 24.7 Å². The van der Waals surface area contributed by atoms with E-state index in [1.54, 1.807) is 0 Å². The molecular weight excluding hydrogens is 310 g/mol. The normalized spacial score (nSPS) is 13.2. The molecule has 1 unspecified atom stereocenters. The molecule has 0 radical (unpaired) electrons. The first kappa shape index (κ1) is 16.0. The van der Waals surface area contributed by atoms with Crippen LogP contribution in [-0.2, 0) is 10.2 Å². The lowest BCUT2D eigenvalue weighted by Gasteiger charge is -2.24. The number of ether oxygens (including phenoxy) is 1. The van der Waals surface area contributed by atoms with Crippen molar-refractivity contribution in [2.45, 2.75) is 32.1 Å². The van der Waals surface area contributed by atoms with Crippen molar-refractivity contribution in [3.63, 3.8) is 0 Å². The second-order valence-electron chi connectivity index (χ2n) is 5.46. The molecule has 1 aromatic rings. The van der Waals surface area contributed by atoms with Crippen molar-refractivity contribution in [1.29, 1.82) is 0 Å². The summed E-state index contributed by atoms with van der Waals surface area (Å²) >= 11 is 3.44. The van der Waals surface area contributed by atoms with E-state index in [0.717, 1.165) is 10.0 Å². The van der Waals surface area contributed by atoms with Crippen molar-refractivity contribution in [2.24, 2.45) is 5.73 Å². The summed E-state index contributed by atoms with van der Waals surface area (Å²) in [6.07, 6.45) is 0. The Morgan fingerprint density at radius 2 is 2.05 bits per heavy atom. The van der Waals surface area contributed by atoms with E-state index in [1.807, 2.05) is 12.1 Å². The Hall–Kier alpha value is -1.07. The summed E-state index contributed by atoms with van der Waals surface area (Å²) < 4.78 is 6.06. The van der Waals surface area contributed by atoms with Crippen LogP contribution in [0.5, 0.6) is 5.75 Å². The maximum Gasteiger partial charge on any atom is 0.312 e. The van der Waals surface area contributed by atoms with E-state index in [4.69, 9.17) is 10.5 Å². The minimum atomic E-state index is -0.946. The Bertz CT molecular complexity index is 480. The molecule has 1 atom stereocenters. The molecule has 106 valence electrons. The molecule has 0 aliphatic heterocycles. The van der Waals surface area contributed by atoms with Crippen LogP contribution in [0.4, 0.5) is 0 Å². The van der Waals surface area contributed by atoms with Gasteiger partial charge in [0.25, 0.3) is 0 Å². The molecule has 5 heteroatoms. The first-order valence-electron chi connectivity index (χ1n) is 6.03. The molecule has 1 rings (SSSR count). The Balaban J connectivity index is 3.50. The summed E-state index contributed by atoms with van der Waals surface area (Å²) in [5.74, 6) is -1.18. The Morgan fingerprint density at radius 1 is 1.47 bits per heavy atom. The van der Waals surface area contributed by atoms with Gasteiger partial charge >= 0.3 is 5.97 Å². The number of halogens is 1. The third-order valence-electron chi connectivity index (χ3n) is 3.05. The first-order valence-corrected chi connectivity index (χ1v) is 6.82. The van der Waals surface area contributed by atoms with Crippen LogP contribution in [0.3, 0.4) is 0 Å². The van der Waals surface area contributed by atoms with E-state index in [2.05, 4.69) is 36.7 Å². The molecule has 0 aliphatic carbocycles. The van der Waals surface area contributed by atoms with Gasteiger partial charge in [0, 0.05) is 12.1 Å². The van der Waals surface area contributed by atoms with Crippen LogP contribution in [0.25, 0.3) is 0 Å². The summed E-state index contributed by atoms with van der Waals surface area (Å²) in [5, 5.41) is 9.28. The Kier molecular flexibility index (Phi) is 4.98. The number of carbonyl (C=O) groups is 1. The lowest BCUT2D eigenvalue weighted by Crippen LogP contribution is -2.23. The van der Waals surface area contributed by atoms with Crippen LogP contribution >= 0.6 is 15.9 Å². The molecule has 0 spiro atoms. The Labute approximate surface area is 122 Å². The molecule has 4 nitrogen and oxygen atoms in total. The molecule has 19 heavy (non-hydrogen) atoms. The zero-order valence-electron chi connectivity index (χ0n) is 11.7. The largest absolute Gasteiger partial charge is 0.495 e. The maximum absolute atomic E-state index is 11.3. The van der Waals surface area contributed by atoms with Crippen LogP contribution in [0.15, 0.2) is 16.6 Å². The van der Waals surface area contributed by atoms with Crippen molar-refractivity contribution in [1.82, 2.24) is 0 Å². The van der Waals surface area contributed by atoms with Gasteiger partial charge in [-0.25, -0.2) is 0 Å². The summed E-state index contributed by atoms with van der Waals surface area (Å²) in [5.41, 5.74) is 7.15. The average molecular weight is 330 g/mol. The van der Waals surface area contributed by atoms with Crippen LogP contribution < -0.4 is 10.5 Å². The van der Waals surface area contributed by atoms with E-state index in [-0.39, 0.29) is 12.0 Å². The smallest absolute Gasteiger partial charge is 0.312 e. The highest BCUT2D eigenvalue weighted by Crippen LogP contribution is 2.38. The number of aliphatic carboxylic acids is 1. The summed E-state index contributed by atoms with van der Waals surface area (Å²) in [7, 11) is 1.52. The van der Waals surface area contributed by atoms with Crippen LogP contribution in [0.2, 0.25) is 0 Å². The molecular formula is C14H20BrNO3. The monoisotopic (exact) mass is 329 g/mol. The molecule has 0 aliphatic rings. The lowest BCUT2D eigenvalue weighted by molar-refractivity contribution is -0.138. The maximum atomic E-state index is 11.3. The fourth-order valence-corrected chi connectivity index (χ4v) is 2.52. The quantitative estimate of drug-likeness (QED) is 0.890. The molecule has 0 heterocycles. The predicted octanol–water partition coefficient (Wildman–Crippen LogP) is 2.88. The third-order valence-corrected chi connectivity index (χ3v) is 3.64. The number of hydrogen-bond acceptors (Lipinski definition) is 3. The van der Waals surface area contributed by atoms with E-state index < -0.39 is 11.9 Å². The van der Waals surface area contributed by atoms with Gasteiger partial charge in [0.1, 0.15) is 5.75 Å². The number of nitrogens with two attached hydrogens (primary N) is 1. The predicted molar refractivity (Wildman–Crippen MR) is 78.8 cm³/mol. The standard InChI is InChI=1S/C14H20BrNO3/c1-14(2,3)8-5-9(10(7-16)13(17)18)12(19-4)11(15)6-8/h5-6,10H,7,16H2,1-4H3,(H,17,18). The molecule has 0 saturated carbocycles.